The largest absolute Gasteiger partial charge is 0.338 e. The lowest BCUT2D eigenvalue weighted by Crippen LogP contribution is -2.53. The third-order valence-corrected chi connectivity index (χ3v) is 6.48. The molecule has 2 aromatic rings. The van der Waals surface area contributed by atoms with Crippen LogP contribution in [0, 0.1) is 13.8 Å². The number of amides is 4. The molecule has 33 heavy (non-hydrogen) atoms. The van der Waals surface area contributed by atoms with E-state index in [9.17, 15) is 19.2 Å². The first-order valence-corrected chi connectivity index (χ1v) is 11.3. The van der Waals surface area contributed by atoms with Crippen molar-refractivity contribution in [3.63, 3.8) is 0 Å². The molecule has 0 bridgehead atoms. The maximum atomic E-state index is 13.2. The number of hydrogen-bond donors (Lipinski definition) is 0. The van der Waals surface area contributed by atoms with Crippen LogP contribution in [-0.4, -0.2) is 80.8 Å². The number of benzene rings is 1. The van der Waals surface area contributed by atoms with E-state index in [-0.39, 0.29) is 43.0 Å². The van der Waals surface area contributed by atoms with Crippen molar-refractivity contribution in [3.05, 3.63) is 51.8 Å². The number of rotatable bonds is 5. The molecule has 1 aromatic carbocycles. The van der Waals surface area contributed by atoms with Crippen molar-refractivity contribution in [2.24, 2.45) is 0 Å². The molecule has 1 aromatic heterocycles. The third-order valence-electron chi connectivity index (χ3n) is 6.10. The summed E-state index contributed by atoms with van der Waals surface area (Å²) in [6.45, 7) is 5.34. The molecule has 4 amide bonds. The van der Waals surface area contributed by atoms with Crippen LogP contribution in [0.3, 0.4) is 0 Å². The maximum Gasteiger partial charge on any atom is 0.259 e. The number of nitrogens with zero attached hydrogens (tertiary/aromatic N) is 5. The summed E-state index contributed by atoms with van der Waals surface area (Å²) < 4.78 is 1.62. The van der Waals surface area contributed by atoms with E-state index in [4.69, 9.17) is 11.6 Å². The topological polar surface area (TPSA) is 95.8 Å². The number of aryl methyl sites for hydroxylation is 2. The second-order valence-corrected chi connectivity index (χ2v) is 8.80. The summed E-state index contributed by atoms with van der Waals surface area (Å²) in [6.07, 6.45) is 0.318. The van der Waals surface area contributed by atoms with Crippen molar-refractivity contribution >= 4 is 35.2 Å². The predicted octanol–water partition coefficient (Wildman–Crippen LogP) is 1.64. The number of imide groups is 1. The fraction of sp³-hybridized carbons (Fsp3) is 0.435. The lowest BCUT2D eigenvalue weighted by Gasteiger charge is -2.35. The zero-order valence-electron chi connectivity index (χ0n) is 18.7. The van der Waals surface area contributed by atoms with Crippen LogP contribution >= 0.6 is 11.6 Å². The van der Waals surface area contributed by atoms with Crippen molar-refractivity contribution in [1.82, 2.24) is 24.5 Å². The Kier molecular flexibility index (Phi) is 6.51. The standard InChI is InChI=1S/C23H26ClN5O4/c1-15-3-5-17(6-4-15)13-29-22(24)21(16(2)25-29)23(33)27-11-9-26(10-12-27)20(32)14-28-18(30)7-8-19(28)31/h3-6H,7-14H2,1-2H3. The Labute approximate surface area is 196 Å². The van der Waals surface area contributed by atoms with Crippen molar-refractivity contribution in [2.45, 2.75) is 33.2 Å². The molecule has 174 valence electrons. The Morgan fingerprint density at radius 1 is 0.939 bits per heavy atom. The van der Waals surface area contributed by atoms with Gasteiger partial charge in [-0.15, -0.1) is 0 Å². The summed E-state index contributed by atoms with van der Waals surface area (Å²) in [5, 5.41) is 4.76. The minimum Gasteiger partial charge on any atom is -0.338 e. The summed E-state index contributed by atoms with van der Waals surface area (Å²) in [4.78, 5) is 53.5. The summed E-state index contributed by atoms with van der Waals surface area (Å²) in [5.74, 6) is -1.12. The Morgan fingerprint density at radius 3 is 2.12 bits per heavy atom. The van der Waals surface area contributed by atoms with Crippen LogP contribution in [0.1, 0.15) is 40.0 Å². The Balaban J connectivity index is 1.38. The number of halogens is 1. The molecule has 10 heteroatoms. The first-order valence-electron chi connectivity index (χ1n) is 10.9. The van der Waals surface area contributed by atoms with Crippen molar-refractivity contribution < 1.29 is 19.2 Å². The molecular weight excluding hydrogens is 446 g/mol. The zero-order valence-corrected chi connectivity index (χ0v) is 19.5. The second-order valence-electron chi connectivity index (χ2n) is 8.44. The van der Waals surface area contributed by atoms with Crippen LogP contribution < -0.4 is 0 Å². The average molecular weight is 472 g/mol. The van der Waals surface area contributed by atoms with Gasteiger partial charge in [0.15, 0.2) is 0 Å². The van der Waals surface area contributed by atoms with Gasteiger partial charge in [0.25, 0.3) is 5.91 Å². The molecule has 0 atom stereocenters. The molecule has 2 aliphatic heterocycles. The van der Waals surface area contributed by atoms with E-state index < -0.39 is 0 Å². The molecule has 0 spiro atoms. The van der Waals surface area contributed by atoms with E-state index >= 15 is 0 Å². The summed E-state index contributed by atoms with van der Waals surface area (Å²) in [6, 6.07) is 8.04. The molecule has 2 aliphatic rings. The Hall–Kier alpha value is -3.20. The third kappa shape index (κ3) is 4.78. The second kappa shape index (κ2) is 9.35. The van der Waals surface area contributed by atoms with E-state index in [1.54, 1.807) is 21.4 Å². The van der Waals surface area contributed by atoms with Gasteiger partial charge in [-0.25, -0.2) is 4.68 Å². The first kappa shape index (κ1) is 23.0. The van der Waals surface area contributed by atoms with Gasteiger partial charge in [0.2, 0.25) is 17.7 Å². The van der Waals surface area contributed by atoms with Crippen LogP contribution in [0.25, 0.3) is 0 Å². The van der Waals surface area contributed by atoms with Gasteiger partial charge in [-0.1, -0.05) is 41.4 Å². The number of carbonyl (C=O) groups excluding carboxylic acids is 4. The number of piperazine rings is 1. The predicted molar refractivity (Wildman–Crippen MR) is 121 cm³/mol. The molecule has 2 fully saturated rings. The van der Waals surface area contributed by atoms with Gasteiger partial charge in [-0.2, -0.15) is 5.10 Å². The fourth-order valence-electron chi connectivity index (χ4n) is 4.12. The number of hydrogen-bond acceptors (Lipinski definition) is 5. The monoisotopic (exact) mass is 471 g/mol. The normalized spacial score (nSPS) is 16.6. The Morgan fingerprint density at radius 2 is 1.52 bits per heavy atom. The van der Waals surface area contributed by atoms with Crippen LogP contribution in [-0.2, 0) is 20.9 Å². The molecule has 0 N–H and O–H groups in total. The highest BCUT2D eigenvalue weighted by atomic mass is 35.5. The molecule has 0 aliphatic carbocycles. The molecular formula is C23H26ClN5O4. The van der Waals surface area contributed by atoms with Crippen LogP contribution in [0.2, 0.25) is 5.15 Å². The van der Waals surface area contributed by atoms with Crippen LogP contribution in [0.15, 0.2) is 24.3 Å². The number of carbonyl (C=O) groups is 4. The molecule has 4 rings (SSSR count). The smallest absolute Gasteiger partial charge is 0.259 e. The van der Waals surface area contributed by atoms with Gasteiger partial charge in [0.1, 0.15) is 11.7 Å². The zero-order chi connectivity index (χ0) is 23.7. The molecule has 0 saturated carbocycles. The van der Waals surface area contributed by atoms with E-state index in [1.807, 2.05) is 31.2 Å². The van der Waals surface area contributed by atoms with Gasteiger partial charge >= 0.3 is 0 Å². The highest BCUT2D eigenvalue weighted by Gasteiger charge is 2.34. The van der Waals surface area contributed by atoms with Gasteiger partial charge in [0, 0.05) is 39.0 Å². The van der Waals surface area contributed by atoms with E-state index in [1.165, 1.54) is 0 Å². The lowest BCUT2D eigenvalue weighted by atomic mass is 10.1. The minimum absolute atomic E-state index is 0.159. The van der Waals surface area contributed by atoms with Gasteiger partial charge < -0.3 is 9.80 Å². The van der Waals surface area contributed by atoms with Gasteiger partial charge in [0.05, 0.1) is 17.8 Å². The SMILES string of the molecule is Cc1ccc(Cn2nc(C)c(C(=O)N3CCN(C(=O)CN4C(=O)CCC4=O)CC3)c2Cl)cc1. The van der Waals surface area contributed by atoms with E-state index in [0.717, 1.165) is 16.0 Å². The molecule has 0 unspecified atom stereocenters. The fourth-order valence-corrected chi connectivity index (χ4v) is 4.43. The van der Waals surface area contributed by atoms with Gasteiger partial charge in [-0.05, 0) is 19.4 Å². The molecule has 9 nitrogen and oxygen atoms in total. The Bertz CT molecular complexity index is 1090. The number of aromatic nitrogens is 2. The highest BCUT2D eigenvalue weighted by Crippen LogP contribution is 2.23. The van der Waals surface area contributed by atoms with Crippen molar-refractivity contribution in [2.75, 3.05) is 32.7 Å². The van der Waals surface area contributed by atoms with Crippen molar-refractivity contribution in [1.29, 1.82) is 0 Å². The van der Waals surface area contributed by atoms with E-state index in [0.29, 0.717) is 49.1 Å². The maximum absolute atomic E-state index is 13.2. The molecule has 0 radical (unpaired) electrons. The average Bonchev–Trinajstić information content (AvgIpc) is 3.26. The minimum atomic E-state index is -0.310. The van der Waals surface area contributed by atoms with Crippen molar-refractivity contribution in [3.8, 4) is 0 Å². The summed E-state index contributed by atoms with van der Waals surface area (Å²) >= 11 is 6.55. The quantitative estimate of drug-likeness (QED) is 0.618. The lowest BCUT2D eigenvalue weighted by molar-refractivity contribution is -0.146. The van der Waals surface area contributed by atoms with Gasteiger partial charge in [-0.3, -0.25) is 24.1 Å². The number of likely N-dealkylation sites (tertiary alicyclic amines) is 1. The summed E-state index contributed by atoms with van der Waals surface area (Å²) in [5.41, 5.74) is 3.12. The summed E-state index contributed by atoms with van der Waals surface area (Å²) in [7, 11) is 0. The van der Waals surface area contributed by atoms with E-state index in [2.05, 4.69) is 5.10 Å². The molecule has 3 heterocycles. The highest BCUT2D eigenvalue weighted by molar-refractivity contribution is 6.33. The van der Waals surface area contributed by atoms with Crippen LogP contribution in [0.4, 0.5) is 0 Å². The van der Waals surface area contributed by atoms with Crippen LogP contribution in [0.5, 0.6) is 0 Å². The first-order chi connectivity index (χ1) is 15.7. The molecule has 2 saturated heterocycles.